The van der Waals surface area contributed by atoms with Crippen LogP contribution in [0.15, 0.2) is 47.5 Å². The summed E-state index contributed by atoms with van der Waals surface area (Å²) in [5.74, 6) is 0.961. The number of carbonyl (C=O) groups is 1. The fourth-order valence-electron chi connectivity index (χ4n) is 2.00. The summed E-state index contributed by atoms with van der Waals surface area (Å²) in [5.41, 5.74) is 0.912. The smallest absolute Gasteiger partial charge is 0.261 e. The van der Waals surface area contributed by atoms with Crippen LogP contribution in [0.2, 0.25) is 0 Å². The molecule has 0 atom stereocenters. The Labute approximate surface area is 147 Å². The van der Waals surface area contributed by atoms with Gasteiger partial charge in [-0.25, -0.2) is 13.4 Å². The molecular formula is C17H22N4O3S. The molecule has 2 rings (SSSR count). The van der Waals surface area contributed by atoms with Gasteiger partial charge in [-0.15, -0.1) is 0 Å². The standard InChI is InChI=1S/C17H22N4O3S/c1-12(2)10-18-17-9-6-15(11-19-17)21-25(23,24)16-7-4-14(5-8-16)20-13(3)22/h4-9,11-12,21H,10H2,1-3H3,(H,18,19)(H,20,22). The molecule has 0 radical (unpaired) electrons. The highest BCUT2D eigenvalue weighted by Gasteiger charge is 2.14. The number of aromatic nitrogens is 1. The van der Waals surface area contributed by atoms with E-state index in [-0.39, 0.29) is 10.8 Å². The molecule has 1 aromatic heterocycles. The normalized spacial score (nSPS) is 11.2. The van der Waals surface area contributed by atoms with E-state index in [1.165, 1.54) is 37.4 Å². The summed E-state index contributed by atoms with van der Waals surface area (Å²) in [5, 5.41) is 5.75. The summed E-state index contributed by atoms with van der Waals surface area (Å²) < 4.78 is 27.3. The molecule has 8 heteroatoms. The SMILES string of the molecule is CC(=O)Nc1ccc(S(=O)(=O)Nc2ccc(NCC(C)C)nc2)cc1. The minimum Gasteiger partial charge on any atom is -0.370 e. The van der Waals surface area contributed by atoms with Gasteiger partial charge in [-0.3, -0.25) is 9.52 Å². The van der Waals surface area contributed by atoms with Crippen LogP contribution in [-0.2, 0) is 14.8 Å². The fraction of sp³-hybridized carbons (Fsp3) is 0.294. The van der Waals surface area contributed by atoms with E-state index in [4.69, 9.17) is 0 Å². The van der Waals surface area contributed by atoms with Gasteiger partial charge in [0.05, 0.1) is 16.8 Å². The van der Waals surface area contributed by atoms with Crippen molar-refractivity contribution in [3.05, 3.63) is 42.6 Å². The number of nitrogens with one attached hydrogen (secondary N) is 3. The number of nitrogens with zero attached hydrogens (tertiary/aromatic N) is 1. The Hall–Kier alpha value is -2.61. The van der Waals surface area contributed by atoms with E-state index in [0.717, 1.165) is 6.54 Å². The first-order valence-electron chi connectivity index (χ1n) is 7.86. The lowest BCUT2D eigenvalue weighted by molar-refractivity contribution is -0.114. The molecule has 1 heterocycles. The molecular weight excluding hydrogens is 340 g/mol. The van der Waals surface area contributed by atoms with Gasteiger partial charge in [0.15, 0.2) is 0 Å². The fourth-order valence-corrected chi connectivity index (χ4v) is 3.05. The number of carbonyl (C=O) groups excluding carboxylic acids is 1. The average Bonchev–Trinajstić information content (AvgIpc) is 2.54. The zero-order valence-electron chi connectivity index (χ0n) is 14.4. The Kier molecular flexibility index (Phi) is 5.97. The Bertz CT molecular complexity index is 816. The Balaban J connectivity index is 2.06. The zero-order chi connectivity index (χ0) is 18.4. The first-order chi connectivity index (χ1) is 11.8. The highest BCUT2D eigenvalue weighted by molar-refractivity contribution is 7.92. The van der Waals surface area contributed by atoms with Gasteiger partial charge in [0.2, 0.25) is 5.91 Å². The van der Waals surface area contributed by atoms with E-state index in [1.54, 1.807) is 12.1 Å². The van der Waals surface area contributed by atoms with E-state index in [0.29, 0.717) is 23.1 Å². The lowest BCUT2D eigenvalue weighted by atomic mass is 10.2. The van der Waals surface area contributed by atoms with Crippen molar-refractivity contribution in [3.8, 4) is 0 Å². The lowest BCUT2D eigenvalue weighted by Crippen LogP contribution is -2.14. The van der Waals surface area contributed by atoms with Crippen molar-refractivity contribution in [1.29, 1.82) is 0 Å². The minimum atomic E-state index is -3.72. The van der Waals surface area contributed by atoms with Crippen molar-refractivity contribution >= 4 is 33.1 Å². The number of anilines is 3. The highest BCUT2D eigenvalue weighted by atomic mass is 32.2. The third-order valence-electron chi connectivity index (χ3n) is 3.19. The van der Waals surface area contributed by atoms with E-state index in [9.17, 15) is 13.2 Å². The molecule has 0 bridgehead atoms. The number of pyridine rings is 1. The van der Waals surface area contributed by atoms with Gasteiger partial charge in [-0.1, -0.05) is 13.8 Å². The molecule has 1 aromatic carbocycles. The van der Waals surface area contributed by atoms with Gasteiger partial charge in [0.1, 0.15) is 5.82 Å². The molecule has 3 N–H and O–H groups in total. The maximum absolute atomic E-state index is 12.4. The molecule has 0 aliphatic rings. The number of hydrogen-bond donors (Lipinski definition) is 3. The Morgan fingerprint density at radius 2 is 1.72 bits per heavy atom. The second kappa shape index (κ2) is 7.98. The van der Waals surface area contributed by atoms with E-state index in [2.05, 4.69) is 34.2 Å². The molecule has 0 saturated carbocycles. The van der Waals surface area contributed by atoms with Crippen molar-refractivity contribution < 1.29 is 13.2 Å². The lowest BCUT2D eigenvalue weighted by Gasteiger charge is -2.11. The topological polar surface area (TPSA) is 100 Å². The summed E-state index contributed by atoms with van der Waals surface area (Å²) in [4.78, 5) is 15.3. The predicted octanol–water partition coefficient (Wildman–Crippen LogP) is 2.91. The van der Waals surface area contributed by atoms with Gasteiger partial charge in [0.25, 0.3) is 10.0 Å². The second-order valence-corrected chi connectivity index (χ2v) is 7.70. The molecule has 0 spiro atoms. The van der Waals surface area contributed by atoms with Gasteiger partial charge >= 0.3 is 0 Å². The van der Waals surface area contributed by atoms with Crippen molar-refractivity contribution in [1.82, 2.24) is 4.98 Å². The molecule has 1 amide bonds. The van der Waals surface area contributed by atoms with Crippen LogP contribution in [0.4, 0.5) is 17.2 Å². The Morgan fingerprint density at radius 1 is 1.08 bits per heavy atom. The number of rotatable bonds is 7. The van der Waals surface area contributed by atoms with Gasteiger partial charge in [-0.05, 0) is 42.3 Å². The molecule has 7 nitrogen and oxygen atoms in total. The molecule has 0 fully saturated rings. The van der Waals surface area contributed by atoms with Crippen LogP contribution in [0.5, 0.6) is 0 Å². The molecule has 0 saturated heterocycles. The van der Waals surface area contributed by atoms with E-state index in [1.807, 2.05) is 0 Å². The maximum atomic E-state index is 12.4. The first kappa shape index (κ1) is 18.7. The molecule has 25 heavy (non-hydrogen) atoms. The van der Waals surface area contributed by atoms with Gasteiger partial charge in [-0.2, -0.15) is 0 Å². The number of sulfonamides is 1. The number of hydrogen-bond acceptors (Lipinski definition) is 5. The Morgan fingerprint density at radius 3 is 2.24 bits per heavy atom. The van der Waals surface area contributed by atoms with Crippen LogP contribution in [0, 0.1) is 5.92 Å². The largest absolute Gasteiger partial charge is 0.370 e. The van der Waals surface area contributed by atoms with Crippen molar-refractivity contribution in [3.63, 3.8) is 0 Å². The summed E-state index contributed by atoms with van der Waals surface area (Å²) in [7, 11) is -3.72. The summed E-state index contributed by atoms with van der Waals surface area (Å²) in [6.45, 7) is 6.36. The molecule has 0 unspecified atom stereocenters. The molecule has 2 aromatic rings. The number of amides is 1. The second-order valence-electron chi connectivity index (χ2n) is 6.02. The van der Waals surface area contributed by atoms with E-state index < -0.39 is 10.0 Å². The summed E-state index contributed by atoms with van der Waals surface area (Å²) >= 11 is 0. The quantitative estimate of drug-likeness (QED) is 0.703. The van der Waals surface area contributed by atoms with Crippen LogP contribution in [0.3, 0.4) is 0 Å². The number of benzene rings is 1. The zero-order valence-corrected chi connectivity index (χ0v) is 15.2. The highest BCUT2D eigenvalue weighted by Crippen LogP contribution is 2.18. The maximum Gasteiger partial charge on any atom is 0.261 e. The molecule has 0 aliphatic carbocycles. The monoisotopic (exact) mass is 362 g/mol. The molecule has 134 valence electrons. The summed E-state index contributed by atoms with van der Waals surface area (Å²) in [6, 6.07) is 9.30. The summed E-state index contributed by atoms with van der Waals surface area (Å²) in [6.07, 6.45) is 1.46. The first-order valence-corrected chi connectivity index (χ1v) is 9.35. The average molecular weight is 362 g/mol. The third-order valence-corrected chi connectivity index (χ3v) is 4.59. The van der Waals surface area contributed by atoms with E-state index >= 15 is 0 Å². The van der Waals surface area contributed by atoms with Crippen LogP contribution < -0.4 is 15.4 Å². The predicted molar refractivity (Wildman–Crippen MR) is 99.1 cm³/mol. The van der Waals surface area contributed by atoms with Crippen LogP contribution in [0.25, 0.3) is 0 Å². The third kappa shape index (κ3) is 5.75. The van der Waals surface area contributed by atoms with Crippen molar-refractivity contribution in [2.24, 2.45) is 5.92 Å². The van der Waals surface area contributed by atoms with Crippen LogP contribution in [0.1, 0.15) is 20.8 Å². The van der Waals surface area contributed by atoms with Crippen LogP contribution >= 0.6 is 0 Å². The van der Waals surface area contributed by atoms with Crippen molar-refractivity contribution in [2.75, 3.05) is 21.9 Å². The van der Waals surface area contributed by atoms with Gasteiger partial charge in [0, 0.05) is 19.2 Å². The minimum absolute atomic E-state index is 0.101. The molecule has 0 aliphatic heterocycles. The van der Waals surface area contributed by atoms with Gasteiger partial charge < -0.3 is 10.6 Å². The van der Waals surface area contributed by atoms with Crippen molar-refractivity contribution in [2.45, 2.75) is 25.7 Å². The van der Waals surface area contributed by atoms with Crippen LogP contribution in [-0.4, -0.2) is 25.9 Å².